The van der Waals surface area contributed by atoms with E-state index < -0.39 is 22.7 Å². The van der Waals surface area contributed by atoms with Gasteiger partial charge in [0.25, 0.3) is 10.0 Å². The average molecular weight is 557 g/mol. The fourth-order valence-electron chi connectivity index (χ4n) is 5.00. The molecule has 1 heterocycles. The molecule has 0 aliphatic carbocycles. The summed E-state index contributed by atoms with van der Waals surface area (Å²) in [5, 5.41) is 0.719. The van der Waals surface area contributed by atoms with Gasteiger partial charge in [0, 0.05) is 35.0 Å². The molecule has 4 aromatic carbocycles. The van der Waals surface area contributed by atoms with Crippen molar-refractivity contribution >= 4 is 28.3 Å². The Bertz CT molecular complexity index is 1710. The third-order valence-corrected chi connectivity index (χ3v) is 12.0. The van der Waals surface area contributed by atoms with Crippen LogP contribution in [0.4, 0.5) is 5.69 Å². The summed E-state index contributed by atoms with van der Waals surface area (Å²) in [7, 11) is -5.44. The molecule has 200 valence electrons. The molecule has 39 heavy (non-hydrogen) atoms. The highest BCUT2D eigenvalue weighted by molar-refractivity contribution is 7.95. The van der Waals surface area contributed by atoms with E-state index in [0.29, 0.717) is 5.75 Å². The first kappa shape index (κ1) is 27.0. The number of nitrogens with zero attached hydrogens (tertiary/aromatic N) is 2. The zero-order valence-corrected chi connectivity index (χ0v) is 24.6. The fourth-order valence-corrected chi connectivity index (χ4v) is 10.1. The smallest absolute Gasteiger partial charge is 0.284 e. The van der Waals surface area contributed by atoms with Gasteiger partial charge in [0.2, 0.25) is 7.28 Å². The minimum absolute atomic E-state index is 0.141. The second-order valence-corrected chi connectivity index (χ2v) is 14.7. The van der Waals surface area contributed by atoms with Crippen molar-refractivity contribution in [2.24, 2.45) is 4.15 Å². The minimum atomic E-state index is -4.09. The molecule has 0 amide bonds. The zero-order valence-electron chi connectivity index (χ0n) is 22.9. The highest BCUT2D eigenvalue weighted by atomic mass is 32.2. The fraction of sp³-hybridized carbons (Fsp3) is 0.188. The molecule has 0 N–H and O–H groups in total. The van der Waals surface area contributed by atoms with Crippen LogP contribution in [0.1, 0.15) is 30.5 Å². The summed E-state index contributed by atoms with van der Waals surface area (Å²) >= 11 is 0. The molecule has 0 spiro atoms. The van der Waals surface area contributed by atoms with E-state index in [1.54, 1.807) is 24.3 Å². The van der Waals surface area contributed by atoms with Gasteiger partial charge in [-0.3, -0.25) is 0 Å². The Labute approximate surface area is 232 Å². The van der Waals surface area contributed by atoms with Gasteiger partial charge in [-0.1, -0.05) is 86.1 Å². The number of rotatable bonds is 6. The Hall–Kier alpha value is -3.60. The van der Waals surface area contributed by atoms with Crippen molar-refractivity contribution in [2.45, 2.75) is 38.0 Å². The molecule has 0 aromatic heterocycles. The maximum Gasteiger partial charge on any atom is 0.284 e. The van der Waals surface area contributed by atoms with E-state index in [-0.39, 0.29) is 4.90 Å². The van der Waals surface area contributed by atoms with Gasteiger partial charge in [0.05, 0.1) is 4.90 Å². The second-order valence-electron chi connectivity index (χ2n) is 10.4. The van der Waals surface area contributed by atoms with E-state index in [1.165, 1.54) is 5.56 Å². The van der Waals surface area contributed by atoms with E-state index in [4.69, 9.17) is 8.67 Å². The first-order chi connectivity index (χ1) is 18.5. The highest BCUT2D eigenvalue weighted by Crippen LogP contribution is 2.58. The van der Waals surface area contributed by atoms with Gasteiger partial charge < -0.3 is 9.42 Å². The molecule has 1 aliphatic rings. The van der Waals surface area contributed by atoms with Gasteiger partial charge in [0.15, 0.2) is 0 Å². The quantitative estimate of drug-likeness (QED) is 0.228. The van der Waals surface area contributed by atoms with Crippen molar-refractivity contribution in [1.82, 2.24) is 0 Å². The molecule has 4 aromatic rings. The molecule has 0 fully saturated rings. The van der Waals surface area contributed by atoms with Gasteiger partial charge in [-0.25, -0.2) is 0 Å². The van der Waals surface area contributed by atoms with Crippen molar-refractivity contribution in [3.8, 4) is 5.75 Å². The Balaban J connectivity index is 1.85. The third-order valence-electron chi connectivity index (χ3n) is 7.24. The number of allylic oxidation sites excluding steroid dienone is 1. The number of likely N-dealkylation sites (N-methyl/N-ethyl adjacent to an activating group) is 1. The number of benzene rings is 4. The van der Waals surface area contributed by atoms with E-state index in [1.807, 2.05) is 93.4 Å². The summed E-state index contributed by atoms with van der Waals surface area (Å²) in [6.45, 7) is 8.19. The summed E-state index contributed by atoms with van der Waals surface area (Å²) in [5.74, 6) is 2.59. The molecular weight excluding hydrogens is 523 g/mol. The highest BCUT2D eigenvalue weighted by Gasteiger charge is 2.41. The summed E-state index contributed by atoms with van der Waals surface area (Å²) in [5.41, 5.74) is 4.67. The lowest BCUT2D eigenvalue weighted by atomic mass is 9.84. The predicted octanol–water partition coefficient (Wildman–Crippen LogP) is 7.78. The van der Waals surface area contributed by atoms with Crippen LogP contribution in [0.5, 0.6) is 5.75 Å². The zero-order chi connectivity index (χ0) is 27.8. The largest absolute Gasteiger partial charge is 0.451 e. The lowest BCUT2D eigenvalue weighted by Gasteiger charge is -2.29. The summed E-state index contributed by atoms with van der Waals surface area (Å²) in [6.07, 6.45) is 0. The monoisotopic (exact) mass is 556 g/mol. The Morgan fingerprint density at radius 1 is 0.821 bits per heavy atom. The van der Waals surface area contributed by atoms with Gasteiger partial charge in [-0.15, -0.1) is 4.15 Å². The molecule has 7 heteroatoms. The lowest BCUT2D eigenvalue weighted by molar-refractivity contribution is 0.592. The number of hydrogen-bond acceptors (Lipinski definition) is 4. The van der Waals surface area contributed by atoms with Crippen LogP contribution in [0.15, 0.2) is 124 Å². The molecule has 0 saturated heterocycles. The van der Waals surface area contributed by atoms with Gasteiger partial charge in [0.1, 0.15) is 5.75 Å². The second kappa shape index (κ2) is 10.2. The summed E-state index contributed by atoms with van der Waals surface area (Å²) < 4.78 is 39.6. The number of anilines is 1. The first-order valence-electron chi connectivity index (χ1n) is 12.9. The lowest BCUT2D eigenvalue weighted by Crippen LogP contribution is -2.24. The van der Waals surface area contributed by atoms with Gasteiger partial charge in [-0.2, -0.15) is 8.42 Å². The number of fused-ring (bicyclic) bond motifs is 1. The molecular formula is C32H33N2O3PS. The third kappa shape index (κ3) is 5.07. The van der Waals surface area contributed by atoms with E-state index >= 15 is 0 Å². The average Bonchev–Trinajstić information content (AvgIpc) is 3.11. The van der Waals surface area contributed by atoms with Crippen LogP contribution in [-0.2, 0) is 15.4 Å². The number of aryl methyl sites for hydroxylation is 2. The number of para-hydroxylation sites is 2. The molecule has 0 unspecified atom stereocenters. The van der Waals surface area contributed by atoms with Crippen molar-refractivity contribution in [1.29, 1.82) is 0 Å². The predicted molar refractivity (Wildman–Crippen MR) is 162 cm³/mol. The molecule has 1 aliphatic heterocycles. The maximum atomic E-state index is 14.0. The van der Waals surface area contributed by atoms with Crippen LogP contribution in [0.3, 0.4) is 0 Å². The van der Waals surface area contributed by atoms with Crippen LogP contribution in [0, 0.1) is 13.8 Å². The van der Waals surface area contributed by atoms with Crippen molar-refractivity contribution in [3.63, 3.8) is 0 Å². The topological polar surface area (TPSA) is 59.0 Å². The van der Waals surface area contributed by atoms with Crippen LogP contribution < -0.4 is 14.7 Å². The van der Waals surface area contributed by atoms with Gasteiger partial charge in [-0.05, 0) is 61.4 Å². The molecule has 1 atom stereocenters. The normalized spacial score (nSPS) is 16.9. The van der Waals surface area contributed by atoms with Crippen LogP contribution in [0.2, 0.25) is 0 Å². The summed E-state index contributed by atoms with van der Waals surface area (Å²) in [6, 6.07) is 32.2. The van der Waals surface area contributed by atoms with Crippen LogP contribution >= 0.6 is 7.28 Å². The Morgan fingerprint density at radius 3 is 2.10 bits per heavy atom. The molecule has 0 saturated carbocycles. The molecule has 5 nitrogen and oxygen atoms in total. The molecule has 0 bridgehead atoms. The summed E-state index contributed by atoms with van der Waals surface area (Å²) in [4.78, 5) is 2.27. The SMILES string of the molecule is Cc1ccc(S(=O)(=O)N=[P@@](/C=C2\N(C)c3ccccc3C2(C)C)(Oc2ccccc2C)c2ccccc2)cc1. The van der Waals surface area contributed by atoms with Gasteiger partial charge >= 0.3 is 0 Å². The minimum Gasteiger partial charge on any atom is -0.451 e. The molecule has 0 radical (unpaired) electrons. The standard InChI is InChI=1S/C32H33N2O3PS/c1-24-19-21-27(22-20-24)39(35,36)33-38(26-14-7-6-8-15-26,37-30-18-12-9-13-25(30)2)23-31-32(3,4)28-16-10-11-17-29(28)34(31)5/h6-23H,1-5H3/b31-23-/t38-/m0/s1. The van der Waals surface area contributed by atoms with Crippen molar-refractivity contribution < 1.29 is 12.9 Å². The van der Waals surface area contributed by atoms with Crippen LogP contribution in [-0.4, -0.2) is 15.5 Å². The molecule has 5 rings (SSSR count). The first-order valence-corrected chi connectivity index (χ1v) is 16.0. The number of sulfonamides is 1. The Morgan fingerprint density at radius 2 is 1.44 bits per heavy atom. The maximum absolute atomic E-state index is 14.0. The van der Waals surface area contributed by atoms with E-state index in [9.17, 15) is 8.42 Å². The number of hydrogen-bond donors (Lipinski definition) is 0. The van der Waals surface area contributed by atoms with E-state index in [2.05, 4.69) is 30.9 Å². The Kier molecular flexibility index (Phi) is 7.04. The van der Waals surface area contributed by atoms with Crippen molar-refractivity contribution in [3.05, 3.63) is 131 Å². The van der Waals surface area contributed by atoms with E-state index in [0.717, 1.165) is 27.8 Å². The van der Waals surface area contributed by atoms with Crippen molar-refractivity contribution in [2.75, 3.05) is 11.9 Å². The van der Waals surface area contributed by atoms with Crippen LogP contribution in [0.25, 0.3) is 0 Å².